The molecule has 4 heteroatoms. The quantitative estimate of drug-likeness (QED) is 0.412. The minimum absolute atomic E-state index is 0.138. The van der Waals surface area contributed by atoms with Crippen molar-refractivity contribution in [3.05, 3.63) is 90.5 Å². The Kier molecular flexibility index (Phi) is 7.04. The van der Waals surface area contributed by atoms with Gasteiger partial charge in [0.2, 0.25) is 0 Å². The maximum atomic E-state index is 5.70. The number of benzene rings is 3. The lowest BCUT2D eigenvalue weighted by atomic mass is 10.2. The van der Waals surface area contributed by atoms with E-state index in [1.165, 1.54) is 14.7 Å². The number of thiocarbonyl (C=S) groups is 1. The summed E-state index contributed by atoms with van der Waals surface area (Å²) in [6, 6.07) is 29.8. The van der Waals surface area contributed by atoms with Crippen molar-refractivity contribution in [1.29, 1.82) is 0 Å². The third-order valence-corrected chi connectivity index (χ3v) is 6.64. The molecule has 0 fully saturated rings. The van der Waals surface area contributed by atoms with Gasteiger partial charge < -0.3 is 9.64 Å². The highest BCUT2D eigenvalue weighted by Crippen LogP contribution is 2.31. The summed E-state index contributed by atoms with van der Waals surface area (Å²) in [5, 5.41) is 0.558. The van der Waals surface area contributed by atoms with Crippen LogP contribution in [-0.2, 0) is 15.6 Å². The van der Waals surface area contributed by atoms with E-state index in [2.05, 4.69) is 89.8 Å². The lowest BCUT2D eigenvalue weighted by Gasteiger charge is -2.12. The lowest BCUT2D eigenvalue weighted by Crippen LogP contribution is -2.19. The highest BCUT2D eigenvalue weighted by molar-refractivity contribution is 7.97. The smallest absolute Gasteiger partial charge is 0.191 e. The molecule has 0 spiro atoms. The fourth-order valence-electron chi connectivity index (χ4n) is 2.65. The molecule has 0 radical (unpaired) electrons. The van der Waals surface area contributed by atoms with Gasteiger partial charge in [0.05, 0.1) is 10.9 Å². The Bertz CT molecular complexity index is 809. The maximum Gasteiger partial charge on any atom is 0.191 e. The molecule has 0 aliphatic heterocycles. The first-order valence-electron chi connectivity index (χ1n) is 8.91. The zero-order valence-electron chi connectivity index (χ0n) is 15.7. The predicted octanol–water partition coefficient (Wildman–Crippen LogP) is 5.04. The van der Waals surface area contributed by atoms with Gasteiger partial charge in [-0.25, -0.2) is 0 Å². The van der Waals surface area contributed by atoms with Crippen LogP contribution in [0.1, 0.15) is 5.56 Å². The van der Waals surface area contributed by atoms with E-state index in [1.54, 1.807) is 0 Å². The second-order valence-corrected chi connectivity index (χ2v) is 8.79. The molecule has 3 aromatic carbocycles. The van der Waals surface area contributed by atoms with E-state index in [4.69, 9.17) is 17.0 Å². The molecule has 0 aliphatic rings. The second kappa shape index (κ2) is 9.70. The van der Waals surface area contributed by atoms with E-state index in [0.717, 1.165) is 12.1 Å². The van der Waals surface area contributed by atoms with Gasteiger partial charge in [-0.3, -0.25) is 0 Å². The molecule has 0 amide bonds. The summed E-state index contributed by atoms with van der Waals surface area (Å²) >= 11 is 5.43. The molecule has 0 aliphatic carbocycles. The summed E-state index contributed by atoms with van der Waals surface area (Å²) in [7, 11) is 3.91. The van der Waals surface area contributed by atoms with Crippen molar-refractivity contribution < 1.29 is 4.74 Å². The monoisotopic (exact) mass is 394 g/mol. The Morgan fingerprint density at radius 3 is 1.74 bits per heavy atom. The van der Waals surface area contributed by atoms with Crippen molar-refractivity contribution >= 4 is 28.2 Å². The summed E-state index contributed by atoms with van der Waals surface area (Å²) in [5.74, 6) is 0. The van der Waals surface area contributed by atoms with Gasteiger partial charge in [0.1, 0.15) is 6.61 Å². The van der Waals surface area contributed by atoms with Gasteiger partial charge in [0.25, 0.3) is 0 Å². The van der Waals surface area contributed by atoms with E-state index in [1.807, 2.05) is 14.1 Å². The maximum absolute atomic E-state index is 5.70. The van der Waals surface area contributed by atoms with Gasteiger partial charge in [0.15, 0.2) is 19.7 Å². The van der Waals surface area contributed by atoms with Crippen LogP contribution in [0, 0.1) is 0 Å². The van der Waals surface area contributed by atoms with Crippen molar-refractivity contribution in [3.63, 3.8) is 0 Å². The standard InChI is InChI=1S/C23H24NOS2/c1-24(2)17-18-25-23(26)19-13-15-22(16-14-19)27(20-9-5-3-6-10-20)21-11-7-4-8-12-21/h3-16H,17-18H2,1-2H3/q+1. The van der Waals surface area contributed by atoms with Crippen molar-refractivity contribution in [1.82, 2.24) is 4.90 Å². The molecule has 0 heterocycles. The molecule has 3 aromatic rings. The first-order chi connectivity index (χ1) is 13.1. The van der Waals surface area contributed by atoms with Crippen LogP contribution in [0.2, 0.25) is 0 Å². The fourth-order valence-corrected chi connectivity index (χ4v) is 4.96. The van der Waals surface area contributed by atoms with E-state index in [9.17, 15) is 0 Å². The molecular weight excluding hydrogens is 370 g/mol. The molecule has 0 saturated heterocycles. The fraction of sp³-hybridized carbons (Fsp3) is 0.174. The highest BCUT2D eigenvalue weighted by atomic mass is 32.2. The van der Waals surface area contributed by atoms with Gasteiger partial charge in [-0.15, -0.1) is 0 Å². The van der Waals surface area contributed by atoms with Crippen LogP contribution in [0.4, 0.5) is 0 Å². The topological polar surface area (TPSA) is 12.5 Å². The minimum atomic E-state index is -0.138. The first-order valence-corrected chi connectivity index (χ1v) is 10.5. The number of hydrogen-bond donors (Lipinski definition) is 0. The Balaban J connectivity index is 1.83. The van der Waals surface area contributed by atoms with E-state index in [0.29, 0.717) is 11.7 Å². The number of hydrogen-bond acceptors (Lipinski definition) is 3. The van der Waals surface area contributed by atoms with Crippen LogP contribution in [0.3, 0.4) is 0 Å². The van der Waals surface area contributed by atoms with Crippen LogP contribution in [0.15, 0.2) is 99.6 Å². The summed E-state index contributed by atoms with van der Waals surface area (Å²) in [6.07, 6.45) is 0. The van der Waals surface area contributed by atoms with Crippen LogP contribution in [0.25, 0.3) is 0 Å². The SMILES string of the molecule is CN(C)CCOC(=S)c1ccc([S+](c2ccccc2)c2ccccc2)cc1. The Morgan fingerprint density at radius 2 is 1.26 bits per heavy atom. The van der Waals surface area contributed by atoms with Crippen molar-refractivity contribution in [2.24, 2.45) is 0 Å². The van der Waals surface area contributed by atoms with E-state index in [-0.39, 0.29) is 10.9 Å². The van der Waals surface area contributed by atoms with Crippen LogP contribution < -0.4 is 0 Å². The average molecular weight is 395 g/mol. The van der Waals surface area contributed by atoms with Gasteiger partial charge in [-0.1, -0.05) is 36.4 Å². The normalized spacial score (nSPS) is 11.0. The average Bonchev–Trinajstić information content (AvgIpc) is 2.70. The van der Waals surface area contributed by atoms with Crippen molar-refractivity contribution in [2.45, 2.75) is 14.7 Å². The summed E-state index contributed by atoms with van der Waals surface area (Å²) in [6.45, 7) is 1.45. The number of likely N-dealkylation sites (N-methyl/N-ethyl adjacent to an activating group) is 1. The molecule has 3 rings (SSSR count). The van der Waals surface area contributed by atoms with Crippen LogP contribution in [-0.4, -0.2) is 37.2 Å². The number of ether oxygens (including phenoxy) is 1. The largest absolute Gasteiger partial charge is 0.482 e. The third-order valence-electron chi connectivity index (χ3n) is 4.06. The molecule has 2 nitrogen and oxygen atoms in total. The van der Waals surface area contributed by atoms with Crippen molar-refractivity contribution in [2.75, 3.05) is 27.2 Å². The zero-order valence-corrected chi connectivity index (χ0v) is 17.3. The Labute approximate surface area is 170 Å². The molecule has 0 aromatic heterocycles. The van der Waals surface area contributed by atoms with Crippen LogP contribution in [0.5, 0.6) is 0 Å². The zero-order chi connectivity index (χ0) is 19.1. The first kappa shape index (κ1) is 19.6. The number of nitrogens with zero attached hydrogens (tertiary/aromatic N) is 1. The highest BCUT2D eigenvalue weighted by Gasteiger charge is 2.28. The van der Waals surface area contributed by atoms with Gasteiger partial charge in [0, 0.05) is 12.1 Å². The molecule has 0 N–H and O–H groups in total. The van der Waals surface area contributed by atoms with Gasteiger partial charge in [-0.05, 0) is 74.8 Å². The molecule has 138 valence electrons. The second-order valence-electron chi connectivity index (χ2n) is 6.40. The van der Waals surface area contributed by atoms with Crippen LogP contribution >= 0.6 is 12.2 Å². The summed E-state index contributed by atoms with van der Waals surface area (Å²) in [4.78, 5) is 5.96. The minimum Gasteiger partial charge on any atom is -0.482 e. The molecule has 0 bridgehead atoms. The molecule has 0 saturated carbocycles. The predicted molar refractivity (Wildman–Crippen MR) is 118 cm³/mol. The Morgan fingerprint density at radius 1 is 0.778 bits per heavy atom. The van der Waals surface area contributed by atoms with Crippen molar-refractivity contribution in [3.8, 4) is 0 Å². The molecular formula is C23H24NOS2+. The van der Waals surface area contributed by atoms with Gasteiger partial charge in [-0.2, -0.15) is 0 Å². The number of rotatable bonds is 7. The molecule has 0 atom stereocenters. The third kappa shape index (κ3) is 5.42. The van der Waals surface area contributed by atoms with E-state index >= 15 is 0 Å². The van der Waals surface area contributed by atoms with Gasteiger partial charge >= 0.3 is 0 Å². The molecule has 0 unspecified atom stereocenters. The Hall–Kier alpha value is -2.14. The summed E-state index contributed by atoms with van der Waals surface area (Å²) in [5.41, 5.74) is 0.956. The van der Waals surface area contributed by atoms with E-state index < -0.39 is 0 Å². The lowest BCUT2D eigenvalue weighted by molar-refractivity contribution is 0.257. The molecule has 27 heavy (non-hydrogen) atoms. The summed E-state index contributed by atoms with van der Waals surface area (Å²) < 4.78 is 5.70.